The topological polar surface area (TPSA) is 250 Å². The van der Waals surface area contributed by atoms with Gasteiger partial charge in [0, 0.05) is 35.6 Å². The molecule has 392 valence electrons. The first-order valence-corrected chi connectivity index (χ1v) is 25.1. The maximum Gasteiger partial charge on any atom is 0.343 e. The highest BCUT2D eigenvalue weighted by molar-refractivity contribution is 5.95. The molecule has 4 atom stereocenters. The molecule has 20 heteroatoms. The van der Waals surface area contributed by atoms with Gasteiger partial charge in [-0.15, -0.1) is 0 Å². The van der Waals surface area contributed by atoms with E-state index in [0.29, 0.717) is 131 Å². The minimum atomic E-state index is -2.04. The number of carbonyl (C=O) groups is 4. The van der Waals surface area contributed by atoms with Gasteiger partial charge in [-0.3, -0.25) is 19.2 Å². The maximum absolute atomic E-state index is 15.5. The van der Waals surface area contributed by atoms with Gasteiger partial charge in [-0.1, -0.05) is 27.7 Å². The summed E-state index contributed by atoms with van der Waals surface area (Å²) in [6.07, 6.45) is 3.15. The molecule has 0 radical (unpaired) electrons. The van der Waals surface area contributed by atoms with Crippen molar-refractivity contribution >= 4 is 34.6 Å². The van der Waals surface area contributed by atoms with Gasteiger partial charge in [-0.25, -0.2) is 14.2 Å². The van der Waals surface area contributed by atoms with Gasteiger partial charge in [0.05, 0.1) is 108 Å². The van der Waals surface area contributed by atoms with Crippen molar-refractivity contribution in [3.8, 4) is 11.4 Å². The van der Waals surface area contributed by atoms with Crippen LogP contribution >= 0.6 is 0 Å². The van der Waals surface area contributed by atoms with Crippen LogP contribution in [0.25, 0.3) is 22.3 Å². The normalized spacial score (nSPS) is 17.6. The summed E-state index contributed by atoms with van der Waals surface area (Å²) in [6.45, 7) is 14.3. The Balaban J connectivity index is 1.04. The standard InChI is InChI=1S/C51H73FN6O13/c1-6-15-65-17-19-67-21-23-69-25-26-70-24-22-68-20-18-66-16-13-42(59)57-45(31(3)4)48(61)56-39(10-8-9-14-53)47(60)55-38-12-11-33-32(5)37(52)28-40-43(33)44(38)34-29-58-41(46(34)54-40)27-36-35(49(58)62)30-71-50(63)51(36,64)7-2/h27-28,31,38-39,45,64H,6-26,29-30,53H2,1-5H3,(H,55,60)(H,56,61)(H,57,59)/t38-,39-,45-,51-/m0/s1. The summed E-state index contributed by atoms with van der Waals surface area (Å²) in [7, 11) is 0. The number of cyclic esters (lactones) is 1. The van der Waals surface area contributed by atoms with Crippen LogP contribution in [0.3, 0.4) is 0 Å². The molecule has 71 heavy (non-hydrogen) atoms. The lowest BCUT2D eigenvalue weighted by molar-refractivity contribution is -0.172. The maximum atomic E-state index is 15.5. The van der Waals surface area contributed by atoms with Crippen molar-refractivity contribution in [2.45, 2.75) is 123 Å². The van der Waals surface area contributed by atoms with Gasteiger partial charge < -0.3 is 64.5 Å². The highest BCUT2D eigenvalue weighted by Crippen LogP contribution is 2.46. The number of nitrogens with two attached hydrogens (primary N) is 1. The van der Waals surface area contributed by atoms with Crippen LogP contribution in [0.1, 0.15) is 112 Å². The first kappa shape index (κ1) is 55.4. The van der Waals surface area contributed by atoms with E-state index in [1.54, 1.807) is 33.8 Å². The molecule has 0 fully saturated rings. The van der Waals surface area contributed by atoms with E-state index in [9.17, 15) is 29.1 Å². The van der Waals surface area contributed by atoms with E-state index in [0.717, 1.165) is 18.6 Å². The number of aliphatic hydroxyl groups is 1. The van der Waals surface area contributed by atoms with Crippen LogP contribution < -0.4 is 27.2 Å². The van der Waals surface area contributed by atoms with Gasteiger partial charge in [-0.05, 0) is 87.1 Å². The number of aryl methyl sites for hydroxylation is 1. The third-order valence-electron chi connectivity index (χ3n) is 13.2. The molecular weight excluding hydrogens is 924 g/mol. The second-order valence-electron chi connectivity index (χ2n) is 18.5. The number of pyridine rings is 2. The van der Waals surface area contributed by atoms with E-state index in [4.69, 9.17) is 43.9 Å². The first-order valence-electron chi connectivity index (χ1n) is 25.1. The molecule has 2 aliphatic heterocycles. The van der Waals surface area contributed by atoms with Crippen molar-refractivity contribution in [2.75, 3.05) is 85.8 Å². The number of nitrogens with one attached hydrogen (secondary N) is 3. The second-order valence-corrected chi connectivity index (χ2v) is 18.5. The molecule has 0 saturated carbocycles. The Morgan fingerprint density at radius 2 is 1.49 bits per heavy atom. The Kier molecular flexibility index (Phi) is 20.8. The molecular formula is C51H73FN6O13. The van der Waals surface area contributed by atoms with E-state index in [-0.39, 0.29) is 62.7 Å². The zero-order valence-corrected chi connectivity index (χ0v) is 41.9. The number of aromatic nitrogens is 2. The molecule has 4 heterocycles. The zero-order chi connectivity index (χ0) is 51.1. The summed E-state index contributed by atoms with van der Waals surface area (Å²) in [4.78, 5) is 73.4. The minimum Gasteiger partial charge on any atom is -0.458 e. The molecule has 0 saturated heterocycles. The fraction of sp³-hybridized carbons (Fsp3) is 0.647. The number of hydrogen-bond donors (Lipinski definition) is 5. The van der Waals surface area contributed by atoms with Crippen LogP contribution in [0, 0.1) is 18.7 Å². The predicted octanol–water partition coefficient (Wildman–Crippen LogP) is 3.28. The molecule has 3 aliphatic rings. The number of unbranched alkanes of at least 4 members (excludes halogenated alkanes) is 1. The van der Waals surface area contributed by atoms with Crippen molar-refractivity contribution in [3.05, 3.63) is 61.7 Å². The molecule has 0 spiro atoms. The highest BCUT2D eigenvalue weighted by Gasteiger charge is 2.46. The van der Waals surface area contributed by atoms with Crippen molar-refractivity contribution in [1.29, 1.82) is 0 Å². The average Bonchev–Trinajstić information content (AvgIpc) is 3.72. The number of benzene rings is 1. The summed E-state index contributed by atoms with van der Waals surface area (Å²) in [5.41, 5.74) is 7.27. The van der Waals surface area contributed by atoms with Crippen LogP contribution in [0.4, 0.5) is 4.39 Å². The van der Waals surface area contributed by atoms with E-state index in [1.165, 1.54) is 10.6 Å². The van der Waals surface area contributed by atoms with E-state index >= 15 is 4.39 Å². The van der Waals surface area contributed by atoms with Crippen LogP contribution in [0.5, 0.6) is 0 Å². The third kappa shape index (κ3) is 13.6. The monoisotopic (exact) mass is 997 g/mol. The smallest absolute Gasteiger partial charge is 0.343 e. The van der Waals surface area contributed by atoms with E-state index in [2.05, 4.69) is 22.9 Å². The van der Waals surface area contributed by atoms with Crippen LogP contribution in [0.2, 0.25) is 0 Å². The number of ether oxygens (including phenoxy) is 7. The SMILES string of the molecule is CCCOCCOCCOCCOCCOCCOCCC(=O)N[C@H](C(=O)N[C@@H](CCCCN)C(=O)N[C@H]1CCc2c(C)c(F)cc3nc4c(c1c23)Cn1c-4cc2c(c1=O)COC(=O)[C@]2(O)CC)C(C)C. The molecule has 19 nitrogen and oxygen atoms in total. The third-order valence-corrected chi connectivity index (χ3v) is 13.2. The number of nitrogens with zero attached hydrogens (tertiary/aromatic N) is 2. The lowest BCUT2D eigenvalue weighted by Crippen LogP contribution is -2.55. The largest absolute Gasteiger partial charge is 0.458 e. The second kappa shape index (κ2) is 26.7. The fourth-order valence-electron chi connectivity index (χ4n) is 9.29. The summed E-state index contributed by atoms with van der Waals surface area (Å²) >= 11 is 0. The Hall–Kier alpha value is -4.93. The lowest BCUT2D eigenvalue weighted by atomic mass is 9.81. The summed E-state index contributed by atoms with van der Waals surface area (Å²) in [5, 5.41) is 21.0. The first-order chi connectivity index (χ1) is 34.2. The van der Waals surface area contributed by atoms with Crippen molar-refractivity contribution in [2.24, 2.45) is 11.7 Å². The Morgan fingerprint density at radius 3 is 2.08 bits per heavy atom. The molecule has 1 aliphatic carbocycles. The van der Waals surface area contributed by atoms with Crippen LogP contribution in [-0.2, 0) is 77.5 Å². The van der Waals surface area contributed by atoms with Crippen molar-refractivity contribution in [3.63, 3.8) is 0 Å². The Bertz CT molecular complexity index is 2400. The van der Waals surface area contributed by atoms with Gasteiger partial charge in [0.2, 0.25) is 17.7 Å². The van der Waals surface area contributed by atoms with Gasteiger partial charge in [-0.2, -0.15) is 0 Å². The molecule has 3 aromatic rings. The number of rotatable bonds is 31. The summed E-state index contributed by atoms with van der Waals surface area (Å²) in [5.74, 6) is -3.00. The Morgan fingerprint density at radius 1 is 0.873 bits per heavy atom. The van der Waals surface area contributed by atoms with Crippen molar-refractivity contribution in [1.82, 2.24) is 25.5 Å². The minimum absolute atomic E-state index is 0.00104. The Labute approximate surface area is 414 Å². The van der Waals surface area contributed by atoms with Gasteiger partial charge in [0.25, 0.3) is 5.56 Å². The predicted molar refractivity (Wildman–Crippen MR) is 260 cm³/mol. The molecule has 1 aromatic carbocycles. The lowest BCUT2D eigenvalue weighted by Gasteiger charge is -2.32. The number of amides is 3. The van der Waals surface area contributed by atoms with Gasteiger partial charge in [0.1, 0.15) is 24.5 Å². The van der Waals surface area contributed by atoms with Crippen LogP contribution in [-0.4, -0.2) is 136 Å². The molecule has 0 unspecified atom stereocenters. The van der Waals surface area contributed by atoms with E-state index in [1.807, 2.05) is 0 Å². The number of halogens is 1. The zero-order valence-electron chi connectivity index (χ0n) is 41.9. The number of carbonyl (C=O) groups excluding carboxylic acids is 4. The average molecular weight is 997 g/mol. The van der Waals surface area contributed by atoms with Gasteiger partial charge >= 0.3 is 5.97 Å². The quantitative estimate of drug-likeness (QED) is 0.0359. The highest BCUT2D eigenvalue weighted by atomic mass is 19.1. The van der Waals surface area contributed by atoms with Crippen LogP contribution in [0.15, 0.2) is 16.9 Å². The molecule has 0 bridgehead atoms. The molecule has 2 aromatic heterocycles. The van der Waals surface area contributed by atoms with Gasteiger partial charge in [0.15, 0.2) is 5.60 Å². The molecule has 6 rings (SSSR count). The summed E-state index contributed by atoms with van der Waals surface area (Å²) < 4.78 is 55.2. The molecule has 6 N–H and O–H groups in total. The van der Waals surface area contributed by atoms with E-state index < -0.39 is 58.8 Å². The number of hydrogen-bond acceptors (Lipinski definition) is 15. The molecule has 3 amide bonds. The summed E-state index contributed by atoms with van der Waals surface area (Å²) in [6, 6.07) is 0.355. The van der Waals surface area contributed by atoms with Crippen molar-refractivity contribution < 1.29 is 61.8 Å². The number of esters is 1. The fourth-order valence-corrected chi connectivity index (χ4v) is 9.29. The number of fused-ring (bicyclic) bond motifs is 5.